The zero-order valence-corrected chi connectivity index (χ0v) is 19.6. The van der Waals surface area contributed by atoms with Crippen LogP contribution < -0.4 is 20.3 Å². The summed E-state index contributed by atoms with van der Waals surface area (Å²) in [5.41, 5.74) is 4.24. The third-order valence-electron chi connectivity index (χ3n) is 6.01. The average Bonchev–Trinajstić information content (AvgIpc) is 3.24. The number of methoxy groups -OCH3 is 2. The van der Waals surface area contributed by atoms with Crippen LogP contribution in [0.15, 0.2) is 71.7 Å². The van der Waals surface area contributed by atoms with Crippen molar-refractivity contribution < 1.29 is 14.3 Å². The van der Waals surface area contributed by atoms with Crippen molar-refractivity contribution in [3.05, 3.63) is 93.9 Å². The molecule has 0 unspecified atom stereocenters. The van der Waals surface area contributed by atoms with E-state index in [0.29, 0.717) is 38.9 Å². The molecule has 0 aliphatic rings. The number of ether oxygens (including phenoxy) is 2. The van der Waals surface area contributed by atoms with Crippen LogP contribution in [-0.2, 0) is 6.54 Å². The molecule has 176 valence electrons. The Labute approximate surface area is 201 Å². The molecule has 2 heterocycles. The van der Waals surface area contributed by atoms with Gasteiger partial charge in [-0.1, -0.05) is 17.7 Å². The lowest BCUT2D eigenvalue weighted by atomic mass is 10.1. The van der Waals surface area contributed by atoms with E-state index < -0.39 is 0 Å². The van der Waals surface area contributed by atoms with E-state index in [1.165, 1.54) is 4.68 Å². The first kappa shape index (κ1) is 22.2. The molecular formula is C27H24N4O4. The monoisotopic (exact) mass is 468 g/mol. The third-order valence-corrected chi connectivity index (χ3v) is 6.01. The van der Waals surface area contributed by atoms with Crippen LogP contribution in [-0.4, -0.2) is 34.9 Å². The highest BCUT2D eigenvalue weighted by molar-refractivity contribution is 6.06. The lowest BCUT2D eigenvalue weighted by Crippen LogP contribution is -2.23. The number of carbonyl (C=O) groups is 1. The normalized spacial score (nSPS) is 11.1. The molecule has 2 aromatic heterocycles. The van der Waals surface area contributed by atoms with Gasteiger partial charge in [0.1, 0.15) is 11.5 Å². The minimum absolute atomic E-state index is 0.195. The topological polar surface area (TPSA) is 98.2 Å². The van der Waals surface area contributed by atoms with Gasteiger partial charge in [0.2, 0.25) is 0 Å². The third kappa shape index (κ3) is 4.10. The summed E-state index contributed by atoms with van der Waals surface area (Å²) in [4.78, 5) is 30.4. The number of hydrogen-bond acceptors (Lipinski definition) is 5. The lowest BCUT2D eigenvalue weighted by molar-refractivity contribution is 0.0951. The molecule has 0 spiro atoms. The van der Waals surface area contributed by atoms with Gasteiger partial charge < -0.3 is 14.8 Å². The maximum Gasteiger partial charge on any atom is 0.280 e. The van der Waals surface area contributed by atoms with Crippen LogP contribution in [0.4, 0.5) is 0 Å². The average molecular weight is 469 g/mol. The van der Waals surface area contributed by atoms with E-state index in [2.05, 4.69) is 15.4 Å². The number of aromatic nitrogens is 3. The number of nitrogens with one attached hydrogen (secondary N) is 2. The molecule has 0 aliphatic heterocycles. The number of aromatic amines is 1. The molecule has 0 fully saturated rings. The zero-order chi connectivity index (χ0) is 24.5. The van der Waals surface area contributed by atoms with Crippen molar-refractivity contribution in [2.24, 2.45) is 0 Å². The van der Waals surface area contributed by atoms with Crippen LogP contribution in [0.1, 0.15) is 21.5 Å². The van der Waals surface area contributed by atoms with Crippen LogP contribution in [0.3, 0.4) is 0 Å². The number of benzene rings is 3. The highest BCUT2D eigenvalue weighted by Crippen LogP contribution is 2.25. The van der Waals surface area contributed by atoms with Gasteiger partial charge in [0.15, 0.2) is 0 Å². The van der Waals surface area contributed by atoms with Gasteiger partial charge in [-0.25, -0.2) is 4.68 Å². The largest absolute Gasteiger partial charge is 0.497 e. The molecule has 0 aliphatic carbocycles. The summed E-state index contributed by atoms with van der Waals surface area (Å²) in [7, 11) is 3.16. The Morgan fingerprint density at radius 2 is 1.80 bits per heavy atom. The molecular weight excluding hydrogens is 444 g/mol. The van der Waals surface area contributed by atoms with Crippen LogP contribution in [0.5, 0.6) is 11.5 Å². The molecule has 0 bridgehead atoms. The smallest absolute Gasteiger partial charge is 0.280 e. The van der Waals surface area contributed by atoms with E-state index >= 15 is 0 Å². The van der Waals surface area contributed by atoms with Crippen LogP contribution in [0.25, 0.3) is 27.5 Å². The van der Waals surface area contributed by atoms with E-state index in [9.17, 15) is 9.59 Å². The predicted octanol–water partition coefficient (Wildman–Crippen LogP) is 4.12. The molecule has 3 aromatic carbocycles. The van der Waals surface area contributed by atoms with Crippen molar-refractivity contribution >= 4 is 27.7 Å². The number of fused-ring (bicyclic) bond motifs is 3. The van der Waals surface area contributed by atoms with Gasteiger partial charge >= 0.3 is 0 Å². The predicted molar refractivity (Wildman–Crippen MR) is 135 cm³/mol. The fraction of sp³-hybridized carbons (Fsp3) is 0.148. The number of aryl methyl sites for hydroxylation is 1. The van der Waals surface area contributed by atoms with E-state index in [0.717, 1.165) is 16.8 Å². The summed E-state index contributed by atoms with van der Waals surface area (Å²) in [6.07, 6.45) is 1.57. The molecule has 0 saturated carbocycles. The second-order valence-electron chi connectivity index (χ2n) is 8.23. The second kappa shape index (κ2) is 8.98. The number of amides is 1. The maximum atomic E-state index is 13.0. The SMILES string of the molecule is COc1ccc(CNC(=O)c2ccc3ncc4c(=O)n(-c5ccc(C)cc5)[nH]c4c3c2)c(OC)c1. The number of carbonyl (C=O) groups excluding carboxylic acids is 1. The number of hydrogen-bond donors (Lipinski definition) is 2. The Bertz CT molecular complexity index is 1620. The molecule has 8 nitrogen and oxygen atoms in total. The van der Waals surface area contributed by atoms with Gasteiger partial charge in [-0.15, -0.1) is 0 Å². The minimum Gasteiger partial charge on any atom is -0.497 e. The summed E-state index contributed by atoms with van der Waals surface area (Å²) in [5, 5.41) is 7.28. The molecule has 2 N–H and O–H groups in total. The summed E-state index contributed by atoms with van der Waals surface area (Å²) in [6, 6.07) is 18.4. The fourth-order valence-electron chi connectivity index (χ4n) is 4.05. The van der Waals surface area contributed by atoms with Gasteiger partial charge in [0.05, 0.1) is 36.3 Å². The highest BCUT2D eigenvalue weighted by atomic mass is 16.5. The summed E-state index contributed by atoms with van der Waals surface area (Å²) in [6.45, 7) is 2.28. The second-order valence-corrected chi connectivity index (χ2v) is 8.23. The number of H-pyrrole nitrogens is 1. The number of rotatable bonds is 6. The Hall–Kier alpha value is -4.59. The van der Waals surface area contributed by atoms with E-state index in [1.807, 2.05) is 43.3 Å². The van der Waals surface area contributed by atoms with Crippen molar-refractivity contribution in [3.63, 3.8) is 0 Å². The van der Waals surface area contributed by atoms with Crippen LogP contribution in [0, 0.1) is 6.92 Å². The van der Waals surface area contributed by atoms with Crippen molar-refractivity contribution in [1.82, 2.24) is 20.1 Å². The molecule has 5 aromatic rings. The van der Waals surface area contributed by atoms with E-state index in [-0.39, 0.29) is 18.0 Å². The molecule has 35 heavy (non-hydrogen) atoms. The number of pyridine rings is 1. The Balaban J connectivity index is 1.48. The van der Waals surface area contributed by atoms with Crippen molar-refractivity contribution in [2.75, 3.05) is 14.2 Å². The van der Waals surface area contributed by atoms with Gasteiger partial charge in [-0.2, -0.15) is 0 Å². The summed E-state index contributed by atoms with van der Waals surface area (Å²) >= 11 is 0. The van der Waals surface area contributed by atoms with Crippen LogP contribution >= 0.6 is 0 Å². The molecule has 1 amide bonds. The maximum absolute atomic E-state index is 13.0. The van der Waals surface area contributed by atoms with Crippen molar-refractivity contribution in [3.8, 4) is 17.2 Å². The first-order valence-electron chi connectivity index (χ1n) is 11.1. The molecule has 8 heteroatoms. The van der Waals surface area contributed by atoms with E-state index in [4.69, 9.17) is 9.47 Å². The highest BCUT2D eigenvalue weighted by Gasteiger charge is 2.15. The van der Waals surface area contributed by atoms with Gasteiger partial charge in [0.25, 0.3) is 11.5 Å². The number of nitrogens with zero attached hydrogens (tertiary/aromatic N) is 2. The zero-order valence-electron chi connectivity index (χ0n) is 19.6. The summed E-state index contributed by atoms with van der Waals surface area (Å²) in [5.74, 6) is 1.06. The Morgan fingerprint density at radius 1 is 1.00 bits per heavy atom. The quantitative estimate of drug-likeness (QED) is 0.391. The fourth-order valence-corrected chi connectivity index (χ4v) is 4.05. The van der Waals surface area contributed by atoms with Gasteiger partial charge in [-0.05, 0) is 49.4 Å². The van der Waals surface area contributed by atoms with Crippen LogP contribution in [0.2, 0.25) is 0 Å². The first-order valence-corrected chi connectivity index (χ1v) is 11.1. The molecule has 0 atom stereocenters. The minimum atomic E-state index is -0.248. The Kier molecular flexibility index (Phi) is 5.70. The first-order chi connectivity index (χ1) is 17.0. The standard InChI is InChI=1S/C27H24N4O4/c1-16-4-8-19(9-5-16)31-27(33)22-15-28-23-11-7-17(12-21(23)25(22)30-31)26(32)29-14-18-6-10-20(34-2)13-24(18)35-3/h4-13,15,30H,14H2,1-3H3,(H,29,32). The van der Waals surface area contributed by atoms with Gasteiger partial charge in [-0.3, -0.25) is 19.7 Å². The molecule has 5 rings (SSSR count). The van der Waals surface area contributed by atoms with Crippen molar-refractivity contribution in [2.45, 2.75) is 13.5 Å². The van der Waals surface area contributed by atoms with Gasteiger partial charge in [0, 0.05) is 35.3 Å². The Morgan fingerprint density at radius 3 is 2.54 bits per heavy atom. The van der Waals surface area contributed by atoms with Crippen molar-refractivity contribution in [1.29, 1.82) is 0 Å². The lowest BCUT2D eigenvalue weighted by Gasteiger charge is -2.11. The molecule has 0 radical (unpaired) electrons. The summed E-state index contributed by atoms with van der Waals surface area (Å²) < 4.78 is 12.1. The molecule has 0 saturated heterocycles. The van der Waals surface area contributed by atoms with E-state index in [1.54, 1.807) is 44.7 Å².